The molecule has 7 heteroatoms. The molecule has 0 aromatic carbocycles. The van der Waals surface area contributed by atoms with E-state index in [1.807, 2.05) is 11.7 Å². The first-order chi connectivity index (χ1) is 8.98. The summed E-state index contributed by atoms with van der Waals surface area (Å²) < 4.78 is 8.26. The zero-order chi connectivity index (χ0) is 14.0. The Bertz CT molecular complexity index is 408. The van der Waals surface area contributed by atoms with Gasteiger partial charge in [0.1, 0.15) is 0 Å². The Hall–Kier alpha value is -0.470. The predicted octanol–water partition coefficient (Wildman–Crippen LogP) is 0.798. The molecule has 0 aliphatic carbocycles. The fraction of sp³-hybridized carbons (Fsp3) is 0.750. The third-order valence-electron chi connectivity index (χ3n) is 3.91. The van der Waals surface area contributed by atoms with Crippen LogP contribution in [0.3, 0.4) is 0 Å². The van der Waals surface area contributed by atoms with Crippen LogP contribution in [0.25, 0.3) is 0 Å². The molecule has 0 spiro atoms. The second kappa shape index (κ2) is 5.88. The Labute approximate surface area is 122 Å². The molecule has 1 unspecified atom stereocenters. The summed E-state index contributed by atoms with van der Waals surface area (Å²) in [6.45, 7) is 7.77. The summed E-state index contributed by atoms with van der Waals surface area (Å²) in [5, 5.41) is 4.27. The number of nitrogens with zero attached hydrogens (tertiary/aromatic N) is 3. The largest absolute Gasteiger partial charge is 0.379 e. The van der Waals surface area contributed by atoms with Crippen molar-refractivity contribution in [2.45, 2.75) is 25.4 Å². The number of morpholine rings is 1. The third kappa shape index (κ3) is 2.85. The highest BCUT2D eigenvalue weighted by Crippen LogP contribution is 2.34. The van der Waals surface area contributed by atoms with Crippen molar-refractivity contribution in [3.63, 3.8) is 0 Å². The van der Waals surface area contributed by atoms with Crippen molar-refractivity contribution in [3.8, 4) is 0 Å². The van der Waals surface area contributed by atoms with E-state index < -0.39 is 0 Å². The summed E-state index contributed by atoms with van der Waals surface area (Å²) in [6.07, 6.45) is 1.80. The number of nitrogens with one attached hydrogen (secondary N) is 1. The van der Waals surface area contributed by atoms with E-state index >= 15 is 0 Å². The van der Waals surface area contributed by atoms with E-state index in [9.17, 15) is 0 Å². The maximum absolute atomic E-state index is 5.82. The SMILES string of the molecule is Cn1ncc(Br)c1C(NN)C(C)(C)N1CCOCC1. The smallest absolute Gasteiger partial charge is 0.0818 e. The molecule has 0 bridgehead atoms. The van der Waals surface area contributed by atoms with Gasteiger partial charge in [-0.25, -0.2) is 5.43 Å². The lowest BCUT2D eigenvalue weighted by Crippen LogP contribution is -2.57. The number of aryl methyl sites for hydroxylation is 1. The van der Waals surface area contributed by atoms with Crippen LogP contribution in [-0.4, -0.2) is 46.5 Å². The van der Waals surface area contributed by atoms with E-state index in [0.29, 0.717) is 0 Å². The lowest BCUT2D eigenvalue weighted by atomic mass is 9.89. The van der Waals surface area contributed by atoms with Crippen molar-refractivity contribution in [1.29, 1.82) is 0 Å². The van der Waals surface area contributed by atoms with Crippen molar-refractivity contribution in [1.82, 2.24) is 20.1 Å². The molecule has 108 valence electrons. The monoisotopic (exact) mass is 331 g/mol. The number of hydrogen-bond donors (Lipinski definition) is 2. The van der Waals surface area contributed by atoms with Crippen LogP contribution in [0.1, 0.15) is 25.6 Å². The molecule has 0 saturated carbocycles. The van der Waals surface area contributed by atoms with Crippen molar-refractivity contribution >= 4 is 15.9 Å². The second-order valence-corrected chi connectivity index (χ2v) is 6.21. The molecule has 1 aliphatic rings. The Balaban J connectivity index is 2.29. The number of hydrazine groups is 1. The van der Waals surface area contributed by atoms with Crippen LogP contribution in [0.4, 0.5) is 0 Å². The van der Waals surface area contributed by atoms with Crippen LogP contribution in [0.2, 0.25) is 0 Å². The van der Waals surface area contributed by atoms with Crippen molar-refractivity contribution < 1.29 is 4.74 Å². The first kappa shape index (κ1) is 14.9. The van der Waals surface area contributed by atoms with Gasteiger partial charge in [-0.3, -0.25) is 15.4 Å². The Kier molecular flexibility index (Phi) is 4.62. The summed E-state index contributed by atoms with van der Waals surface area (Å²) in [5.74, 6) is 5.82. The molecular weight excluding hydrogens is 310 g/mol. The Morgan fingerprint density at radius 1 is 1.47 bits per heavy atom. The van der Waals surface area contributed by atoms with Gasteiger partial charge in [0.2, 0.25) is 0 Å². The van der Waals surface area contributed by atoms with Crippen LogP contribution in [0.15, 0.2) is 10.7 Å². The van der Waals surface area contributed by atoms with E-state index in [4.69, 9.17) is 10.6 Å². The van der Waals surface area contributed by atoms with Gasteiger partial charge in [-0.05, 0) is 29.8 Å². The predicted molar refractivity (Wildman–Crippen MR) is 77.4 cm³/mol. The van der Waals surface area contributed by atoms with Gasteiger partial charge >= 0.3 is 0 Å². The summed E-state index contributed by atoms with van der Waals surface area (Å²) in [5.41, 5.74) is 3.87. The molecule has 1 saturated heterocycles. The highest BCUT2D eigenvalue weighted by molar-refractivity contribution is 9.10. The van der Waals surface area contributed by atoms with Gasteiger partial charge in [-0.15, -0.1) is 0 Å². The van der Waals surface area contributed by atoms with Crippen LogP contribution < -0.4 is 11.3 Å². The minimum Gasteiger partial charge on any atom is -0.379 e. The number of aromatic nitrogens is 2. The van der Waals surface area contributed by atoms with E-state index in [1.54, 1.807) is 6.20 Å². The molecule has 1 fully saturated rings. The molecule has 1 aromatic rings. The number of rotatable bonds is 4. The fourth-order valence-corrected chi connectivity index (χ4v) is 3.26. The van der Waals surface area contributed by atoms with Gasteiger partial charge in [-0.2, -0.15) is 5.10 Å². The maximum atomic E-state index is 5.82. The molecule has 6 nitrogen and oxygen atoms in total. The highest BCUT2D eigenvalue weighted by atomic mass is 79.9. The molecular formula is C12H22BrN5O. The van der Waals surface area contributed by atoms with E-state index in [1.165, 1.54) is 0 Å². The molecule has 1 aliphatic heterocycles. The standard InChI is InChI=1S/C12H22BrN5O/c1-12(2,18-4-6-19-7-5-18)11(16-14)10-9(13)8-15-17(10)3/h8,11,16H,4-7,14H2,1-3H3. The molecule has 0 amide bonds. The molecule has 1 atom stereocenters. The summed E-state index contributed by atoms with van der Waals surface area (Å²) in [4.78, 5) is 2.40. The molecule has 1 aromatic heterocycles. The van der Waals surface area contributed by atoms with Crippen molar-refractivity contribution in [2.75, 3.05) is 26.3 Å². The average molecular weight is 332 g/mol. The molecule has 3 N–H and O–H groups in total. The van der Waals surface area contributed by atoms with E-state index in [-0.39, 0.29) is 11.6 Å². The quantitative estimate of drug-likeness (QED) is 0.631. The van der Waals surface area contributed by atoms with Gasteiger partial charge in [0.25, 0.3) is 0 Å². The topological polar surface area (TPSA) is 68.3 Å². The minimum absolute atomic E-state index is 0.0209. The zero-order valence-electron chi connectivity index (χ0n) is 11.7. The van der Waals surface area contributed by atoms with Crippen LogP contribution in [0, 0.1) is 0 Å². The minimum atomic E-state index is -0.130. The van der Waals surface area contributed by atoms with Crippen LogP contribution in [-0.2, 0) is 11.8 Å². The summed E-state index contributed by atoms with van der Waals surface area (Å²) in [6, 6.07) is -0.0209. The van der Waals surface area contributed by atoms with Gasteiger partial charge in [0.15, 0.2) is 0 Å². The van der Waals surface area contributed by atoms with E-state index in [2.05, 4.69) is 45.2 Å². The number of halogens is 1. The lowest BCUT2D eigenvalue weighted by Gasteiger charge is -2.45. The number of ether oxygens (including phenoxy) is 1. The van der Waals surface area contributed by atoms with Gasteiger partial charge < -0.3 is 4.74 Å². The highest BCUT2D eigenvalue weighted by Gasteiger charge is 2.39. The van der Waals surface area contributed by atoms with Crippen LogP contribution in [0.5, 0.6) is 0 Å². The Morgan fingerprint density at radius 3 is 2.58 bits per heavy atom. The van der Waals surface area contributed by atoms with Gasteiger partial charge in [-0.1, -0.05) is 0 Å². The molecule has 0 radical (unpaired) electrons. The first-order valence-electron chi connectivity index (χ1n) is 6.44. The molecule has 2 heterocycles. The normalized spacial score (nSPS) is 19.6. The molecule has 19 heavy (non-hydrogen) atoms. The summed E-state index contributed by atoms with van der Waals surface area (Å²) in [7, 11) is 1.93. The third-order valence-corrected chi connectivity index (χ3v) is 4.52. The lowest BCUT2D eigenvalue weighted by molar-refractivity contribution is -0.0249. The van der Waals surface area contributed by atoms with Gasteiger partial charge in [0, 0.05) is 25.7 Å². The van der Waals surface area contributed by atoms with Crippen LogP contribution >= 0.6 is 15.9 Å². The summed E-state index contributed by atoms with van der Waals surface area (Å²) >= 11 is 3.55. The van der Waals surface area contributed by atoms with Gasteiger partial charge in [0.05, 0.1) is 35.6 Å². The maximum Gasteiger partial charge on any atom is 0.0818 e. The first-order valence-corrected chi connectivity index (χ1v) is 7.24. The fourth-order valence-electron chi connectivity index (χ4n) is 2.68. The second-order valence-electron chi connectivity index (χ2n) is 5.35. The number of nitrogens with two attached hydrogens (primary N) is 1. The van der Waals surface area contributed by atoms with Crippen molar-refractivity contribution in [2.24, 2.45) is 12.9 Å². The zero-order valence-corrected chi connectivity index (χ0v) is 13.3. The average Bonchev–Trinajstić information content (AvgIpc) is 2.72. The van der Waals surface area contributed by atoms with E-state index in [0.717, 1.165) is 36.5 Å². The number of hydrogen-bond acceptors (Lipinski definition) is 5. The van der Waals surface area contributed by atoms with Crippen molar-refractivity contribution in [3.05, 3.63) is 16.4 Å². The molecule has 2 rings (SSSR count). The Morgan fingerprint density at radius 2 is 2.11 bits per heavy atom.